The molecule has 2 N–H and O–H groups in total. The molecule has 114 valence electrons. The average Bonchev–Trinajstić information content (AvgIpc) is 3.06. The molecule has 0 aliphatic rings. The Hall–Kier alpha value is -2.01. The Morgan fingerprint density at radius 2 is 1.95 bits per heavy atom. The van der Waals surface area contributed by atoms with Crippen LogP contribution in [0.5, 0.6) is 11.5 Å². The van der Waals surface area contributed by atoms with Crippen molar-refractivity contribution in [3.8, 4) is 11.5 Å². The maximum Gasteiger partial charge on any atom is 0.161 e. The van der Waals surface area contributed by atoms with E-state index in [2.05, 4.69) is 35.4 Å². The largest absolute Gasteiger partial charge is 0.493 e. The highest BCUT2D eigenvalue weighted by atomic mass is 16.5. The molecule has 2 rings (SSSR count). The minimum Gasteiger partial charge on any atom is -0.493 e. The van der Waals surface area contributed by atoms with Gasteiger partial charge < -0.3 is 14.8 Å². The van der Waals surface area contributed by atoms with E-state index in [0.717, 1.165) is 23.5 Å². The zero-order chi connectivity index (χ0) is 15.2. The highest BCUT2D eigenvalue weighted by Gasteiger charge is 2.16. The molecule has 1 aromatic carbocycles. The molecule has 5 nitrogen and oxygen atoms in total. The van der Waals surface area contributed by atoms with Crippen LogP contribution in [-0.2, 0) is 0 Å². The lowest BCUT2D eigenvalue weighted by Gasteiger charge is -2.23. The summed E-state index contributed by atoms with van der Waals surface area (Å²) in [5, 5.41) is 10.5. The van der Waals surface area contributed by atoms with Crippen LogP contribution in [0.4, 0.5) is 0 Å². The molecule has 0 spiro atoms. The first kappa shape index (κ1) is 15.4. The molecule has 2 unspecified atom stereocenters. The van der Waals surface area contributed by atoms with Crippen molar-refractivity contribution in [3.63, 3.8) is 0 Å². The summed E-state index contributed by atoms with van der Waals surface area (Å²) in [5.41, 5.74) is 2.33. The molecule has 21 heavy (non-hydrogen) atoms. The van der Waals surface area contributed by atoms with Gasteiger partial charge in [0.25, 0.3) is 0 Å². The number of nitrogens with one attached hydrogen (secondary N) is 2. The van der Waals surface area contributed by atoms with Crippen LogP contribution in [0.15, 0.2) is 30.6 Å². The van der Waals surface area contributed by atoms with Crippen LogP contribution in [0, 0.1) is 0 Å². The van der Waals surface area contributed by atoms with Crippen LogP contribution in [0.2, 0.25) is 0 Å². The predicted molar refractivity (Wildman–Crippen MR) is 82.7 cm³/mol. The zero-order valence-electron chi connectivity index (χ0n) is 13.0. The SMILES string of the molecule is CCC(NC(C)c1cn[nH]c1)c1ccc(OC)c(OC)c1. The van der Waals surface area contributed by atoms with E-state index in [1.807, 2.05) is 24.5 Å². The molecule has 2 aromatic rings. The van der Waals surface area contributed by atoms with Crippen LogP contribution >= 0.6 is 0 Å². The number of nitrogens with zero attached hydrogens (tertiary/aromatic N) is 1. The van der Waals surface area contributed by atoms with Gasteiger partial charge in [0.1, 0.15) is 0 Å². The number of hydrogen-bond acceptors (Lipinski definition) is 4. The second kappa shape index (κ2) is 7.13. The van der Waals surface area contributed by atoms with Crippen molar-refractivity contribution in [1.82, 2.24) is 15.5 Å². The molecule has 2 atom stereocenters. The molecule has 5 heteroatoms. The minimum atomic E-state index is 0.224. The fraction of sp³-hybridized carbons (Fsp3) is 0.438. The van der Waals surface area contributed by atoms with Gasteiger partial charge >= 0.3 is 0 Å². The van der Waals surface area contributed by atoms with Gasteiger partial charge in [0.15, 0.2) is 11.5 Å². The van der Waals surface area contributed by atoms with Gasteiger partial charge in [0.05, 0.1) is 20.4 Å². The molecule has 0 amide bonds. The van der Waals surface area contributed by atoms with Crippen molar-refractivity contribution in [2.75, 3.05) is 14.2 Å². The maximum atomic E-state index is 5.38. The fourth-order valence-electron chi connectivity index (χ4n) is 2.42. The fourth-order valence-corrected chi connectivity index (χ4v) is 2.42. The Labute approximate surface area is 125 Å². The zero-order valence-corrected chi connectivity index (χ0v) is 13.0. The van der Waals surface area contributed by atoms with Crippen LogP contribution < -0.4 is 14.8 Å². The lowest BCUT2D eigenvalue weighted by atomic mass is 10.0. The van der Waals surface area contributed by atoms with Crippen LogP contribution in [0.3, 0.4) is 0 Å². The van der Waals surface area contributed by atoms with Gasteiger partial charge in [-0.1, -0.05) is 13.0 Å². The van der Waals surface area contributed by atoms with Gasteiger partial charge in [-0.2, -0.15) is 5.10 Å². The molecule has 0 saturated heterocycles. The smallest absolute Gasteiger partial charge is 0.161 e. The highest BCUT2D eigenvalue weighted by molar-refractivity contribution is 5.43. The monoisotopic (exact) mass is 289 g/mol. The summed E-state index contributed by atoms with van der Waals surface area (Å²) in [6.45, 7) is 4.30. The van der Waals surface area contributed by atoms with E-state index in [-0.39, 0.29) is 12.1 Å². The summed E-state index contributed by atoms with van der Waals surface area (Å²) in [4.78, 5) is 0. The van der Waals surface area contributed by atoms with Gasteiger partial charge in [0, 0.05) is 23.8 Å². The summed E-state index contributed by atoms with van der Waals surface area (Å²) in [5.74, 6) is 1.50. The van der Waals surface area contributed by atoms with Crippen LogP contribution in [0.25, 0.3) is 0 Å². The van der Waals surface area contributed by atoms with Crippen molar-refractivity contribution >= 4 is 0 Å². The quantitative estimate of drug-likeness (QED) is 0.821. The maximum absolute atomic E-state index is 5.38. The lowest BCUT2D eigenvalue weighted by molar-refractivity contribution is 0.353. The third-order valence-corrected chi connectivity index (χ3v) is 3.69. The Bertz CT molecular complexity index is 555. The van der Waals surface area contributed by atoms with Gasteiger partial charge in [-0.05, 0) is 31.0 Å². The predicted octanol–water partition coefficient (Wildman–Crippen LogP) is 3.23. The second-order valence-corrected chi connectivity index (χ2v) is 5.00. The Kier molecular flexibility index (Phi) is 5.22. The highest BCUT2D eigenvalue weighted by Crippen LogP contribution is 2.31. The average molecular weight is 289 g/mol. The minimum absolute atomic E-state index is 0.224. The van der Waals surface area contributed by atoms with Crippen molar-refractivity contribution < 1.29 is 9.47 Å². The molecule has 1 aromatic heterocycles. The van der Waals surface area contributed by atoms with Crippen LogP contribution in [0.1, 0.15) is 43.5 Å². The first-order valence-corrected chi connectivity index (χ1v) is 7.16. The van der Waals surface area contributed by atoms with Crippen LogP contribution in [-0.4, -0.2) is 24.4 Å². The molecule has 0 fully saturated rings. The normalized spacial score (nSPS) is 13.7. The molecular weight excluding hydrogens is 266 g/mol. The summed E-state index contributed by atoms with van der Waals surface area (Å²) in [7, 11) is 3.30. The second-order valence-electron chi connectivity index (χ2n) is 5.00. The van der Waals surface area contributed by atoms with E-state index in [1.165, 1.54) is 5.56 Å². The number of hydrogen-bond donors (Lipinski definition) is 2. The van der Waals surface area contributed by atoms with E-state index in [4.69, 9.17) is 9.47 Å². The van der Waals surface area contributed by atoms with Gasteiger partial charge in [0.2, 0.25) is 0 Å². The van der Waals surface area contributed by atoms with Crippen molar-refractivity contribution in [2.45, 2.75) is 32.4 Å². The van der Waals surface area contributed by atoms with Gasteiger partial charge in [-0.15, -0.1) is 0 Å². The Balaban J connectivity index is 2.17. The van der Waals surface area contributed by atoms with E-state index >= 15 is 0 Å². The number of methoxy groups -OCH3 is 2. The lowest BCUT2D eigenvalue weighted by Crippen LogP contribution is -2.24. The number of H-pyrrole nitrogens is 1. The summed E-state index contributed by atoms with van der Waals surface area (Å²) >= 11 is 0. The molecule has 1 heterocycles. The Morgan fingerprint density at radius 1 is 1.19 bits per heavy atom. The molecule has 0 aliphatic carbocycles. The summed E-state index contributed by atoms with van der Waals surface area (Å²) < 4.78 is 10.7. The molecular formula is C16H23N3O2. The van der Waals surface area contributed by atoms with Gasteiger partial charge in [-0.25, -0.2) is 0 Å². The topological polar surface area (TPSA) is 59.2 Å². The third-order valence-electron chi connectivity index (χ3n) is 3.69. The van der Waals surface area contributed by atoms with Crippen molar-refractivity contribution in [2.24, 2.45) is 0 Å². The van der Waals surface area contributed by atoms with E-state index in [0.29, 0.717) is 0 Å². The number of ether oxygens (including phenoxy) is 2. The number of aromatic nitrogens is 2. The molecule has 0 aliphatic heterocycles. The summed E-state index contributed by atoms with van der Waals surface area (Å²) in [6, 6.07) is 6.52. The standard InChI is InChI=1S/C16H23N3O2/c1-5-14(19-11(2)13-9-17-18-10-13)12-6-7-15(20-3)16(8-12)21-4/h6-11,14,19H,5H2,1-4H3,(H,17,18). The summed E-state index contributed by atoms with van der Waals surface area (Å²) in [6.07, 6.45) is 4.75. The molecule has 0 radical (unpaired) electrons. The molecule has 0 saturated carbocycles. The van der Waals surface area contributed by atoms with Crippen molar-refractivity contribution in [1.29, 1.82) is 0 Å². The van der Waals surface area contributed by atoms with E-state index in [9.17, 15) is 0 Å². The number of rotatable bonds is 7. The van der Waals surface area contributed by atoms with E-state index in [1.54, 1.807) is 14.2 Å². The van der Waals surface area contributed by atoms with E-state index < -0.39 is 0 Å². The number of aromatic amines is 1. The Morgan fingerprint density at radius 3 is 2.52 bits per heavy atom. The third kappa shape index (κ3) is 3.55. The number of benzene rings is 1. The molecule has 0 bridgehead atoms. The van der Waals surface area contributed by atoms with Gasteiger partial charge in [-0.3, -0.25) is 5.10 Å². The first-order valence-electron chi connectivity index (χ1n) is 7.16. The first-order chi connectivity index (χ1) is 10.2. The van der Waals surface area contributed by atoms with Crippen molar-refractivity contribution in [3.05, 3.63) is 41.7 Å².